The molecule has 2 atom stereocenters. The van der Waals surface area contributed by atoms with Crippen molar-refractivity contribution in [1.82, 2.24) is 4.90 Å². The monoisotopic (exact) mass is 274 g/mol. The summed E-state index contributed by atoms with van der Waals surface area (Å²) in [6, 6.07) is 9.11. The predicted octanol–water partition coefficient (Wildman–Crippen LogP) is 2.31. The molecule has 1 heterocycles. The van der Waals surface area contributed by atoms with Crippen LogP contribution in [0.15, 0.2) is 30.3 Å². The van der Waals surface area contributed by atoms with Gasteiger partial charge in [0.05, 0.1) is 0 Å². The first-order chi connectivity index (χ1) is 9.47. The number of aliphatic carboxylic acids is 1. The van der Waals surface area contributed by atoms with E-state index in [1.54, 1.807) is 6.08 Å². The summed E-state index contributed by atoms with van der Waals surface area (Å²) < 4.78 is 0. The first-order valence-electron chi connectivity index (χ1n) is 6.95. The lowest BCUT2D eigenvalue weighted by atomic mass is 10.1. The van der Waals surface area contributed by atoms with Crippen LogP contribution in [-0.2, 0) is 4.79 Å². The number of likely N-dealkylation sites (N-methyl/N-ethyl adjacent to an activating group) is 1. The molecule has 2 unspecified atom stereocenters. The molecule has 0 amide bonds. The molecule has 0 saturated carbocycles. The second-order valence-corrected chi connectivity index (χ2v) is 5.53. The number of carbonyl (C=O) groups is 1. The minimum absolute atomic E-state index is 0.533. The fourth-order valence-corrected chi connectivity index (χ4v) is 2.58. The van der Waals surface area contributed by atoms with Gasteiger partial charge in [0.2, 0.25) is 0 Å². The van der Waals surface area contributed by atoms with E-state index in [9.17, 15) is 4.79 Å². The van der Waals surface area contributed by atoms with E-state index >= 15 is 0 Å². The number of hydrogen-bond donors (Lipinski definition) is 1. The Labute approximate surface area is 120 Å². The highest BCUT2D eigenvalue weighted by atomic mass is 16.4. The quantitative estimate of drug-likeness (QED) is 0.859. The van der Waals surface area contributed by atoms with Crippen molar-refractivity contribution in [2.45, 2.75) is 25.9 Å². The molecule has 1 aliphatic heterocycles. The molecule has 108 valence electrons. The van der Waals surface area contributed by atoms with E-state index in [4.69, 9.17) is 5.11 Å². The van der Waals surface area contributed by atoms with E-state index in [1.807, 2.05) is 12.1 Å². The Morgan fingerprint density at radius 3 is 2.25 bits per heavy atom. The topological polar surface area (TPSA) is 43.8 Å². The van der Waals surface area contributed by atoms with Gasteiger partial charge in [-0.25, -0.2) is 4.79 Å². The number of anilines is 1. The van der Waals surface area contributed by atoms with Crippen molar-refractivity contribution in [3.05, 3.63) is 35.9 Å². The van der Waals surface area contributed by atoms with Crippen molar-refractivity contribution in [3.8, 4) is 0 Å². The highest BCUT2D eigenvalue weighted by Crippen LogP contribution is 2.22. The van der Waals surface area contributed by atoms with Gasteiger partial charge in [-0.05, 0) is 44.7 Å². The normalized spacial score (nSPS) is 24.2. The Balaban J connectivity index is 2.08. The van der Waals surface area contributed by atoms with Crippen LogP contribution in [0.3, 0.4) is 0 Å². The van der Waals surface area contributed by atoms with Gasteiger partial charge in [-0.3, -0.25) is 4.90 Å². The van der Waals surface area contributed by atoms with E-state index in [1.165, 1.54) is 5.69 Å². The molecule has 1 aromatic carbocycles. The third-order valence-electron chi connectivity index (χ3n) is 4.04. The summed E-state index contributed by atoms with van der Waals surface area (Å²) >= 11 is 0. The van der Waals surface area contributed by atoms with Crippen LogP contribution in [-0.4, -0.2) is 48.2 Å². The fraction of sp³-hybridized carbons (Fsp3) is 0.438. The van der Waals surface area contributed by atoms with E-state index in [0.29, 0.717) is 12.1 Å². The van der Waals surface area contributed by atoms with E-state index in [2.05, 4.69) is 42.8 Å². The molecule has 1 aliphatic rings. The maximum Gasteiger partial charge on any atom is 0.328 e. The molecule has 1 N–H and O–H groups in total. The molecular weight excluding hydrogens is 252 g/mol. The maximum atomic E-state index is 10.5. The molecule has 0 aliphatic carbocycles. The van der Waals surface area contributed by atoms with Gasteiger partial charge < -0.3 is 10.0 Å². The second-order valence-electron chi connectivity index (χ2n) is 5.53. The molecule has 4 nitrogen and oxygen atoms in total. The fourth-order valence-electron chi connectivity index (χ4n) is 2.58. The highest BCUT2D eigenvalue weighted by Gasteiger charge is 2.26. The molecular formula is C16H22N2O2. The van der Waals surface area contributed by atoms with Crippen molar-refractivity contribution in [2.24, 2.45) is 0 Å². The maximum absolute atomic E-state index is 10.5. The van der Waals surface area contributed by atoms with Crippen molar-refractivity contribution < 1.29 is 9.90 Å². The summed E-state index contributed by atoms with van der Waals surface area (Å²) in [6.45, 7) is 6.52. The number of piperazine rings is 1. The first kappa shape index (κ1) is 14.6. The lowest BCUT2D eigenvalue weighted by Crippen LogP contribution is -2.55. The third kappa shape index (κ3) is 3.39. The Bertz CT molecular complexity index is 484. The smallest absolute Gasteiger partial charge is 0.328 e. The number of rotatable bonds is 3. The van der Waals surface area contributed by atoms with Crippen LogP contribution < -0.4 is 4.90 Å². The van der Waals surface area contributed by atoms with Gasteiger partial charge in [0, 0.05) is 36.9 Å². The van der Waals surface area contributed by atoms with Gasteiger partial charge in [-0.2, -0.15) is 0 Å². The standard InChI is InChI=1S/C16H22N2O2/c1-12-10-18(11-13(2)17(12)3)15-7-4-14(5-8-15)6-9-16(19)20/h4-9,12-13H,10-11H2,1-3H3,(H,19,20)/b9-6+. The lowest BCUT2D eigenvalue weighted by Gasteiger charge is -2.43. The molecule has 20 heavy (non-hydrogen) atoms. The summed E-state index contributed by atoms with van der Waals surface area (Å²) in [6.07, 6.45) is 2.77. The molecule has 1 saturated heterocycles. The number of carboxylic acid groups (broad SMARTS) is 1. The Morgan fingerprint density at radius 2 is 1.75 bits per heavy atom. The molecule has 1 fully saturated rings. The zero-order chi connectivity index (χ0) is 14.7. The van der Waals surface area contributed by atoms with E-state index in [0.717, 1.165) is 24.7 Å². The molecule has 4 heteroatoms. The zero-order valence-electron chi connectivity index (χ0n) is 12.3. The van der Waals surface area contributed by atoms with Crippen LogP contribution in [0.1, 0.15) is 19.4 Å². The first-order valence-corrected chi connectivity index (χ1v) is 6.95. The Morgan fingerprint density at radius 1 is 1.20 bits per heavy atom. The average molecular weight is 274 g/mol. The Kier molecular flexibility index (Phi) is 4.45. The summed E-state index contributed by atoms with van der Waals surface area (Å²) in [5, 5.41) is 8.62. The van der Waals surface area contributed by atoms with Crippen LogP contribution >= 0.6 is 0 Å². The number of carboxylic acids is 1. The second kappa shape index (κ2) is 6.09. The minimum Gasteiger partial charge on any atom is -0.478 e. The van der Waals surface area contributed by atoms with E-state index in [-0.39, 0.29) is 0 Å². The average Bonchev–Trinajstić information content (AvgIpc) is 2.42. The van der Waals surface area contributed by atoms with Crippen LogP contribution in [0.4, 0.5) is 5.69 Å². The largest absolute Gasteiger partial charge is 0.478 e. The Hall–Kier alpha value is -1.81. The van der Waals surface area contributed by atoms with Crippen molar-refractivity contribution in [1.29, 1.82) is 0 Å². The van der Waals surface area contributed by atoms with Crippen LogP contribution in [0.25, 0.3) is 6.08 Å². The van der Waals surface area contributed by atoms with Crippen molar-refractivity contribution in [2.75, 3.05) is 25.0 Å². The molecule has 1 aromatic rings. The SMILES string of the molecule is CC1CN(c2ccc(/C=C/C(=O)O)cc2)CC(C)N1C. The summed E-state index contributed by atoms with van der Waals surface area (Å²) in [7, 11) is 2.17. The van der Waals surface area contributed by atoms with Crippen LogP contribution in [0.5, 0.6) is 0 Å². The third-order valence-corrected chi connectivity index (χ3v) is 4.04. The molecule has 0 spiro atoms. The summed E-state index contributed by atoms with van der Waals surface area (Å²) in [5.41, 5.74) is 2.11. The molecule has 0 bridgehead atoms. The van der Waals surface area contributed by atoms with Gasteiger partial charge in [0.1, 0.15) is 0 Å². The van der Waals surface area contributed by atoms with E-state index < -0.39 is 5.97 Å². The van der Waals surface area contributed by atoms with Crippen LogP contribution in [0, 0.1) is 0 Å². The van der Waals surface area contributed by atoms with Gasteiger partial charge in [0.25, 0.3) is 0 Å². The van der Waals surface area contributed by atoms with Gasteiger partial charge in [-0.15, -0.1) is 0 Å². The summed E-state index contributed by atoms with van der Waals surface area (Å²) in [5.74, 6) is -0.921. The molecule has 0 radical (unpaired) electrons. The van der Waals surface area contributed by atoms with Gasteiger partial charge in [-0.1, -0.05) is 12.1 Å². The lowest BCUT2D eigenvalue weighted by molar-refractivity contribution is -0.131. The summed E-state index contributed by atoms with van der Waals surface area (Å²) in [4.78, 5) is 15.3. The highest BCUT2D eigenvalue weighted by molar-refractivity contribution is 5.85. The minimum atomic E-state index is -0.921. The molecule has 0 aromatic heterocycles. The molecule has 2 rings (SSSR count). The number of hydrogen-bond acceptors (Lipinski definition) is 3. The number of benzene rings is 1. The van der Waals surface area contributed by atoms with Crippen LogP contribution in [0.2, 0.25) is 0 Å². The van der Waals surface area contributed by atoms with Crippen molar-refractivity contribution >= 4 is 17.7 Å². The predicted molar refractivity (Wildman–Crippen MR) is 82.0 cm³/mol. The van der Waals surface area contributed by atoms with Gasteiger partial charge in [0.15, 0.2) is 0 Å². The van der Waals surface area contributed by atoms with Crippen molar-refractivity contribution in [3.63, 3.8) is 0 Å². The van der Waals surface area contributed by atoms with Gasteiger partial charge >= 0.3 is 5.97 Å². The zero-order valence-corrected chi connectivity index (χ0v) is 12.3. The number of nitrogens with zero attached hydrogens (tertiary/aromatic N) is 2.